The van der Waals surface area contributed by atoms with Crippen molar-refractivity contribution in [3.63, 3.8) is 0 Å². The van der Waals surface area contributed by atoms with Crippen LogP contribution in [0.15, 0.2) is 72.9 Å². The van der Waals surface area contributed by atoms with Gasteiger partial charge in [-0.15, -0.1) is 0 Å². The molecule has 0 atom stereocenters. The molecule has 0 saturated carbocycles. The third-order valence-electron chi connectivity index (χ3n) is 6.00. The first-order valence-corrected chi connectivity index (χ1v) is 14.2. The second-order valence-corrected chi connectivity index (χ2v) is 11.0. The normalized spacial score (nSPS) is 12.6. The van der Waals surface area contributed by atoms with Gasteiger partial charge in [-0.05, 0) is 76.6 Å². The molecule has 0 saturated heterocycles. The molecule has 0 fully saturated rings. The lowest BCUT2D eigenvalue weighted by Crippen LogP contribution is -2.30. The van der Waals surface area contributed by atoms with E-state index in [1.54, 1.807) is 25.3 Å². The van der Waals surface area contributed by atoms with Crippen molar-refractivity contribution in [2.45, 2.75) is 26.7 Å². The molecule has 0 radical (unpaired) electrons. The Kier molecular flexibility index (Phi) is 8.44. The third kappa shape index (κ3) is 6.38. The molecule has 3 aromatic carbocycles. The van der Waals surface area contributed by atoms with Crippen LogP contribution >= 0.6 is 11.6 Å². The first-order chi connectivity index (χ1) is 18.2. The third-order valence-corrected chi connectivity index (χ3v) is 7.77. The number of aromatic amines is 1. The molecule has 1 heterocycles. The number of amides is 1. The van der Waals surface area contributed by atoms with Crippen molar-refractivity contribution >= 4 is 55.7 Å². The quantitative estimate of drug-likeness (QED) is 0.181. The Morgan fingerprint density at radius 1 is 1.05 bits per heavy atom. The van der Waals surface area contributed by atoms with E-state index in [-0.39, 0.29) is 5.75 Å². The smallest absolute Gasteiger partial charge is 0.257 e. The first-order valence-electron chi connectivity index (χ1n) is 12.2. The van der Waals surface area contributed by atoms with Crippen LogP contribution in [0.4, 0.5) is 4.39 Å². The maximum absolute atomic E-state index is 13.8. The molecule has 0 bridgehead atoms. The number of hydrogen-bond acceptors (Lipinski definition) is 4. The predicted molar refractivity (Wildman–Crippen MR) is 151 cm³/mol. The molecule has 196 valence electrons. The number of fused-ring (bicyclic) bond motifs is 1. The van der Waals surface area contributed by atoms with Crippen molar-refractivity contribution in [1.29, 1.82) is 0 Å². The van der Waals surface area contributed by atoms with E-state index in [4.69, 9.17) is 11.6 Å². The fraction of sp³-hybridized carbons (Fsp3) is 0.172. The number of aromatic nitrogens is 2. The van der Waals surface area contributed by atoms with Crippen LogP contribution in [-0.4, -0.2) is 30.3 Å². The second-order valence-electron chi connectivity index (χ2n) is 8.74. The molecule has 4 aromatic rings. The number of benzene rings is 3. The summed E-state index contributed by atoms with van der Waals surface area (Å²) in [6, 6.07) is 17.9. The number of sulfonamides is 1. The SMILES string of the molecule is CCCS(=O)(=O)NC(=O)C=Cc1ccc(C(=C(CC)c2ccc(F)cc2Cl)c2ccc3[nH]ncc3c2)cc1. The Morgan fingerprint density at radius 3 is 2.47 bits per heavy atom. The van der Waals surface area contributed by atoms with Crippen molar-refractivity contribution in [3.8, 4) is 0 Å². The monoisotopic (exact) mass is 551 g/mol. The van der Waals surface area contributed by atoms with E-state index in [0.29, 0.717) is 17.9 Å². The zero-order valence-electron chi connectivity index (χ0n) is 21.0. The summed E-state index contributed by atoms with van der Waals surface area (Å²) in [7, 11) is -3.64. The second kappa shape index (κ2) is 11.8. The molecule has 0 unspecified atom stereocenters. The minimum Gasteiger partial charge on any atom is -0.278 e. The van der Waals surface area contributed by atoms with Crippen LogP contribution in [-0.2, 0) is 14.8 Å². The van der Waals surface area contributed by atoms with Gasteiger partial charge in [0.05, 0.1) is 22.5 Å². The van der Waals surface area contributed by atoms with Crippen LogP contribution in [0.25, 0.3) is 28.1 Å². The number of nitrogens with one attached hydrogen (secondary N) is 2. The number of carbonyl (C=O) groups excluding carboxylic acids is 1. The summed E-state index contributed by atoms with van der Waals surface area (Å²) in [5.41, 5.74) is 6.10. The average Bonchev–Trinajstić information content (AvgIpc) is 3.35. The Labute approximate surface area is 226 Å². The summed E-state index contributed by atoms with van der Waals surface area (Å²) in [5, 5.41) is 8.35. The van der Waals surface area contributed by atoms with Crippen molar-refractivity contribution in [3.05, 3.63) is 106 Å². The maximum Gasteiger partial charge on any atom is 0.257 e. The molecule has 9 heteroatoms. The summed E-state index contributed by atoms with van der Waals surface area (Å²) in [6.07, 6.45) is 5.56. The van der Waals surface area contributed by atoms with Crippen molar-refractivity contribution < 1.29 is 17.6 Å². The van der Waals surface area contributed by atoms with Crippen LogP contribution in [0.3, 0.4) is 0 Å². The van der Waals surface area contributed by atoms with Crippen LogP contribution < -0.4 is 4.72 Å². The summed E-state index contributed by atoms with van der Waals surface area (Å²) in [4.78, 5) is 12.1. The summed E-state index contributed by atoms with van der Waals surface area (Å²) in [5.74, 6) is -1.22. The van der Waals surface area contributed by atoms with E-state index >= 15 is 0 Å². The first kappa shape index (κ1) is 27.3. The fourth-order valence-corrected chi connectivity index (χ4v) is 5.58. The Bertz CT molecular complexity index is 1640. The van der Waals surface area contributed by atoms with Gasteiger partial charge in [0, 0.05) is 11.5 Å². The highest BCUT2D eigenvalue weighted by Crippen LogP contribution is 2.38. The minimum absolute atomic E-state index is 0.112. The maximum atomic E-state index is 13.8. The van der Waals surface area contributed by atoms with E-state index in [1.165, 1.54) is 18.2 Å². The van der Waals surface area contributed by atoms with Gasteiger partial charge in [0.25, 0.3) is 5.91 Å². The molecule has 1 amide bonds. The van der Waals surface area contributed by atoms with Gasteiger partial charge in [-0.25, -0.2) is 17.5 Å². The van der Waals surface area contributed by atoms with Crippen LogP contribution in [0, 0.1) is 5.82 Å². The predicted octanol–water partition coefficient (Wildman–Crippen LogP) is 6.59. The highest BCUT2D eigenvalue weighted by Gasteiger charge is 2.17. The van der Waals surface area contributed by atoms with Crippen LogP contribution in [0.1, 0.15) is 48.9 Å². The number of hydrogen-bond donors (Lipinski definition) is 2. The Hall–Kier alpha value is -3.75. The lowest BCUT2D eigenvalue weighted by atomic mass is 9.87. The number of allylic oxidation sites excluding steroid dienone is 1. The average molecular weight is 552 g/mol. The number of halogens is 2. The lowest BCUT2D eigenvalue weighted by Gasteiger charge is -2.18. The molecule has 0 aliphatic rings. The highest BCUT2D eigenvalue weighted by atomic mass is 35.5. The highest BCUT2D eigenvalue weighted by molar-refractivity contribution is 7.90. The van der Waals surface area contributed by atoms with Crippen LogP contribution in [0.2, 0.25) is 5.02 Å². The molecular formula is C29H27ClFN3O3S. The Morgan fingerprint density at radius 2 is 1.79 bits per heavy atom. The summed E-state index contributed by atoms with van der Waals surface area (Å²) in [6.45, 7) is 3.75. The molecule has 0 spiro atoms. The number of H-pyrrole nitrogens is 1. The zero-order valence-corrected chi connectivity index (χ0v) is 22.5. The fourth-order valence-electron chi connectivity index (χ4n) is 4.29. The minimum atomic E-state index is -3.64. The molecule has 6 nitrogen and oxygen atoms in total. The Balaban J connectivity index is 1.75. The van der Waals surface area contributed by atoms with Gasteiger partial charge in [-0.2, -0.15) is 5.10 Å². The van der Waals surface area contributed by atoms with Crippen molar-refractivity contribution in [2.24, 2.45) is 0 Å². The molecular weight excluding hydrogens is 525 g/mol. The molecule has 0 aliphatic heterocycles. The molecule has 0 aliphatic carbocycles. The molecule has 1 aromatic heterocycles. The van der Waals surface area contributed by atoms with E-state index < -0.39 is 21.7 Å². The largest absolute Gasteiger partial charge is 0.278 e. The topological polar surface area (TPSA) is 91.9 Å². The van der Waals surface area contributed by atoms with Gasteiger partial charge >= 0.3 is 0 Å². The van der Waals surface area contributed by atoms with Gasteiger partial charge < -0.3 is 0 Å². The molecule has 2 N–H and O–H groups in total. The summed E-state index contributed by atoms with van der Waals surface area (Å²) < 4.78 is 39.5. The molecule has 4 rings (SSSR count). The van der Waals surface area contributed by atoms with Gasteiger partial charge in [0.15, 0.2) is 0 Å². The number of rotatable bonds is 9. The summed E-state index contributed by atoms with van der Waals surface area (Å²) >= 11 is 6.48. The lowest BCUT2D eigenvalue weighted by molar-refractivity contribution is -0.114. The van der Waals surface area contributed by atoms with E-state index in [1.807, 2.05) is 54.1 Å². The zero-order chi connectivity index (χ0) is 27.3. The van der Waals surface area contributed by atoms with Crippen molar-refractivity contribution in [1.82, 2.24) is 14.9 Å². The van der Waals surface area contributed by atoms with Crippen LogP contribution in [0.5, 0.6) is 0 Å². The van der Waals surface area contributed by atoms with E-state index in [9.17, 15) is 17.6 Å². The standard InChI is InChI=1S/C29H27ClFN3O3S/c1-3-15-38(36,37)34-28(35)14-7-19-5-8-20(9-6-19)29(21-10-13-27-22(16-21)18-32-33-27)24(4-2)25-12-11-23(31)17-26(25)30/h5-14,16-18H,3-4,15H2,1-2H3,(H,32,33)(H,34,35). The van der Waals surface area contributed by atoms with Gasteiger partial charge in [0.1, 0.15) is 5.82 Å². The number of nitrogens with zero attached hydrogens (tertiary/aromatic N) is 1. The number of carbonyl (C=O) groups is 1. The van der Waals surface area contributed by atoms with Gasteiger partial charge in [-0.3, -0.25) is 9.89 Å². The van der Waals surface area contributed by atoms with Crippen molar-refractivity contribution in [2.75, 3.05) is 5.75 Å². The van der Waals surface area contributed by atoms with Gasteiger partial charge in [0.2, 0.25) is 10.0 Å². The van der Waals surface area contributed by atoms with E-state index in [2.05, 4.69) is 10.2 Å². The van der Waals surface area contributed by atoms with E-state index in [0.717, 1.165) is 44.3 Å². The van der Waals surface area contributed by atoms with Gasteiger partial charge in [-0.1, -0.05) is 61.8 Å². The molecule has 38 heavy (non-hydrogen) atoms.